The van der Waals surface area contributed by atoms with E-state index in [0.29, 0.717) is 38.8 Å². The summed E-state index contributed by atoms with van der Waals surface area (Å²) in [6, 6.07) is 7.70. The van der Waals surface area contributed by atoms with Gasteiger partial charge in [-0.25, -0.2) is 14.8 Å². The SMILES string of the molecule is CCNC(=O)Nc1ccc(-c2nc3c(c(N4CCOC[C@@H]4C)n2)CCN(CC2OCCO2)C3)cc1. The maximum absolute atomic E-state index is 11.8. The smallest absolute Gasteiger partial charge is 0.319 e. The average molecular weight is 483 g/mol. The lowest BCUT2D eigenvalue weighted by Crippen LogP contribution is -2.46. The second kappa shape index (κ2) is 10.9. The van der Waals surface area contributed by atoms with Gasteiger partial charge in [0.15, 0.2) is 12.1 Å². The molecule has 1 atom stereocenters. The zero-order valence-electron chi connectivity index (χ0n) is 20.5. The zero-order chi connectivity index (χ0) is 24.2. The zero-order valence-corrected chi connectivity index (χ0v) is 20.5. The van der Waals surface area contributed by atoms with Gasteiger partial charge in [-0.05, 0) is 44.5 Å². The Kier molecular flexibility index (Phi) is 7.43. The van der Waals surface area contributed by atoms with Crippen LogP contribution in [-0.2, 0) is 27.2 Å². The summed E-state index contributed by atoms with van der Waals surface area (Å²) >= 11 is 0. The number of carbonyl (C=O) groups is 1. The summed E-state index contributed by atoms with van der Waals surface area (Å²) in [5.74, 6) is 1.70. The molecule has 1 aromatic carbocycles. The lowest BCUT2D eigenvalue weighted by atomic mass is 10.0. The normalized spacial score (nSPS) is 21.1. The number of urea groups is 1. The third kappa shape index (κ3) is 5.56. The largest absolute Gasteiger partial charge is 0.377 e. The molecule has 2 fully saturated rings. The van der Waals surface area contributed by atoms with Crippen molar-refractivity contribution in [3.63, 3.8) is 0 Å². The fourth-order valence-corrected chi connectivity index (χ4v) is 4.79. The van der Waals surface area contributed by atoms with E-state index in [1.807, 2.05) is 31.2 Å². The number of nitrogens with one attached hydrogen (secondary N) is 2. The quantitative estimate of drug-likeness (QED) is 0.647. The van der Waals surface area contributed by atoms with Crippen molar-refractivity contribution in [3.05, 3.63) is 35.5 Å². The number of amides is 2. The monoisotopic (exact) mass is 482 g/mol. The third-order valence-corrected chi connectivity index (χ3v) is 6.60. The summed E-state index contributed by atoms with van der Waals surface area (Å²) in [6.07, 6.45) is 0.721. The molecule has 10 nitrogen and oxygen atoms in total. The van der Waals surface area contributed by atoms with E-state index in [2.05, 4.69) is 27.4 Å². The summed E-state index contributed by atoms with van der Waals surface area (Å²) in [7, 11) is 0. The summed E-state index contributed by atoms with van der Waals surface area (Å²) in [4.78, 5) is 26.6. The fourth-order valence-electron chi connectivity index (χ4n) is 4.79. The van der Waals surface area contributed by atoms with E-state index in [1.165, 1.54) is 5.56 Å². The van der Waals surface area contributed by atoms with E-state index >= 15 is 0 Å². The number of carbonyl (C=O) groups excluding carboxylic acids is 1. The van der Waals surface area contributed by atoms with E-state index in [9.17, 15) is 4.79 Å². The van der Waals surface area contributed by atoms with Crippen LogP contribution in [0, 0.1) is 0 Å². The number of hydrogen-bond donors (Lipinski definition) is 2. The topological polar surface area (TPSA) is 101 Å². The number of ether oxygens (including phenoxy) is 3. The molecule has 0 bridgehead atoms. The molecular weight excluding hydrogens is 448 g/mol. The van der Waals surface area contributed by atoms with Gasteiger partial charge in [0.05, 0.1) is 38.2 Å². The first-order valence-electron chi connectivity index (χ1n) is 12.5. The van der Waals surface area contributed by atoms with Crippen molar-refractivity contribution in [2.24, 2.45) is 0 Å². The van der Waals surface area contributed by atoms with Crippen LogP contribution >= 0.6 is 0 Å². The average Bonchev–Trinajstić information content (AvgIpc) is 3.37. The molecule has 5 rings (SSSR count). The summed E-state index contributed by atoms with van der Waals surface area (Å²) in [6.45, 7) is 10.5. The third-order valence-electron chi connectivity index (χ3n) is 6.60. The van der Waals surface area contributed by atoms with Gasteiger partial charge in [0, 0.05) is 49.5 Å². The van der Waals surface area contributed by atoms with Crippen LogP contribution in [0.25, 0.3) is 11.4 Å². The van der Waals surface area contributed by atoms with Crippen LogP contribution < -0.4 is 15.5 Å². The highest BCUT2D eigenvalue weighted by molar-refractivity contribution is 5.89. The molecular formula is C25H34N6O4. The van der Waals surface area contributed by atoms with Gasteiger partial charge in [-0.2, -0.15) is 0 Å². The number of anilines is 2. The highest BCUT2D eigenvalue weighted by Crippen LogP contribution is 2.32. The predicted octanol–water partition coefficient (Wildman–Crippen LogP) is 2.24. The number of nitrogens with zero attached hydrogens (tertiary/aromatic N) is 4. The first-order chi connectivity index (χ1) is 17.1. The Balaban J connectivity index is 1.43. The van der Waals surface area contributed by atoms with Crippen LogP contribution in [0.5, 0.6) is 0 Å². The Hall–Kier alpha value is -2.79. The van der Waals surface area contributed by atoms with Gasteiger partial charge in [0.25, 0.3) is 0 Å². The van der Waals surface area contributed by atoms with Crippen LogP contribution in [0.1, 0.15) is 25.1 Å². The van der Waals surface area contributed by atoms with Crippen LogP contribution in [-0.4, -0.2) is 85.8 Å². The predicted molar refractivity (Wildman–Crippen MR) is 132 cm³/mol. The molecule has 1 aromatic heterocycles. The first-order valence-corrected chi connectivity index (χ1v) is 12.5. The maximum atomic E-state index is 11.8. The lowest BCUT2D eigenvalue weighted by Gasteiger charge is -2.38. The fraction of sp³-hybridized carbons (Fsp3) is 0.560. The second-order valence-corrected chi connectivity index (χ2v) is 9.13. The number of rotatable bonds is 6. The molecule has 0 aliphatic carbocycles. The van der Waals surface area contributed by atoms with Gasteiger partial charge >= 0.3 is 6.03 Å². The highest BCUT2D eigenvalue weighted by atomic mass is 16.7. The minimum absolute atomic E-state index is 0.165. The molecule has 0 unspecified atom stereocenters. The summed E-state index contributed by atoms with van der Waals surface area (Å²) in [5.41, 5.74) is 3.91. The number of hydrogen-bond acceptors (Lipinski definition) is 8. The Morgan fingerprint density at radius 1 is 1.11 bits per heavy atom. The molecule has 0 spiro atoms. The Morgan fingerprint density at radius 3 is 2.66 bits per heavy atom. The molecule has 188 valence electrons. The van der Waals surface area contributed by atoms with Crippen molar-refractivity contribution >= 4 is 17.5 Å². The lowest BCUT2D eigenvalue weighted by molar-refractivity contribution is -0.0641. The van der Waals surface area contributed by atoms with Crippen molar-refractivity contribution in [2.75, 3.05) is 62.8 Å². The van der Waals surface area contributed by atoms with Crippen molar-refractivity contribution in [2.45, 2.75) is 39.1 Å². The summed E-state index contributed by atoms with van der Waals surface area (Å²) in [5, 5.41) is 5.58. The number of aromatic nitrogens is 2. The Morgan fingerprint density at radius 2 is 1.91 bits per heavy atom. The molecule has 2 N–H and O–H groups in total. The van der Waals surface area contributed by atoms with Gasteiger partial charge in [-0.1, -0.05) is 0 Å². The van der Waals surface area contributed by atoms with Crippen LogP contribution in [0.2, 0.25) is 0 Å². The first kappa shape index (κ1) is 23.9. The second-order valence-electron chi connectivity index (χ2n) is 9.13. The number of benzene rings is 1. The van der Waals surface area contributed by atoms with Gasteiger partial charge in [-0.3, -0.25) is 4.90 Å². The van der Waals surface area contributed by atoms with E-state index < -0.39 is 0 Å². The molecule has 0 radical (unpaired) electrons. The Bertz CT molecular complexity index is 1030. The maximum Gasteiger partial charge on any atom is 0.319 e. The van der Waals surface area contributed by atoms with E-state index in [-0.39, 0.29) is 18.4 Å². The van der Waals surface area contributed by atoms with E-state index in [1.54, 1.807) is 0 Å². The molecule has 35 heavy (non-hydrogen) atoms. The molecule has 10 heteroatoms. The van der Waals surface area contributed by atoms with Crippen LogP contribution in [0.3, 0.4) is 0 Å². The highest BCUT2D eigenvalue weighted by Gasteiger charge is 2.30. The minimum Gasteiger partial charge on any atom is -0.377 e. The molecule has 3 aliphatic rings. The van der Waals surface area contributed by atoms with Crippen molar-refractivity contribution in [3.8, 4) is 11.4 Å². The molecule has 3 aliphatic heterocycles. The number of fused-ring (bicyclic) bond motifs is 1. The van der Waals surface area contributed by atoms with Gasteiger partial charge in [0.1, 0.15) is 5.82 Å². The molecule has 2 aromatic rings. The van der Waals surface area contributed by atoms with Crippen molar-refractivity contribution < 1.29 is 19.0 Å². The van der Waals surface area contributed by atoms with E-state index in [4.69, 9.17) is 24.2 Å². The van der Waals surface area contributed by atoms with Crippen LogP contribution in [0.15, 0.2) is 24.3 Å². The van der Waals surface area contributed by atoms with Gasteiger partial charge in [0.2, 0.25) is 0 Å². The van der Waals surface area contributed by atoms with Gasteiger partial charge < -0.3 is 29.7 Å². The minimum atomic E-state index is -0.218. The van der Waals surface area contributed by atoms with Crippen LogP contribution in [0.4, 0.5) is 16.3 Å². The van der Waals surface area contributed by atoms with Gasteiger partial charge in [-0.15, -0.1) is 0 Å². The standard InChI is InChI=1S/C25H34N6O4/c1-3-26-25(32)27-19-6-4-18(5-7-19)23-28-21-14-30(15-22-34-12-13-35-22)9-8-20(21)24(29-23)31-10-11-33-16-17(31)2/h4-7,17,22H,3,8-16H2,1-2H3,(H2,26,27,32)/t17-/m0/s1. The van der Waals surface area contributed by atoms with E-state index in [0.717, 1.165) is 55.4 Å². The molecule has 0 saturated carbocycles. The molecule has 4 heterocycles. The van der Waals surface area contributed by atoms with Crippen molar-refractivity contribution in [1.29, 1.82) is 0 Å². The Labute approximate surface area is 206 Å². The van der Waals surface area contributed by atoms with Crippen molar-refractivity contribution in [1.82, 2.24) is 20.2 Å². The molecule has 2 saturated heterocycles. The molecule has 2 amide bonds. The summed E-state index contributed by atoms with van der Waals surface area (Å²) < 4.78 is 17.0. The number of morpholine rings is 1.